The minimum Gasteiger partial charge on any atom is -0.462 e. The lowest BCUT2D eigenvalue weighted by molar-refractivity contribution is 0.0526. The molecule has 0 aromatic carbocycles. The summed E-state index contributed by atoms with van der Waals surface area (Å²) in [5, 5.41) is 9.07. The van der Waals surface area contributed by atoms with Crippen LogP contribution in [-0.2, 0) is 4.74 Å². The fraction of sp³-hybridized carbons (Fsp3) is 0.533. The zero-order chi connectivity index (χ0) is 15.7. The summed E-state index contributed by atoms with van der Waals surface area (Å²) < 4.78 is 6.97. The van der Waals surface area contributed by atoms with Crippen LogP contribution < -0.4 is 5.32 Å². The highest BCUT2D eigenvalue weighted by Gasteiger charge is 2.24. The number of nitrogens with zero attached hydrogens (tertiary/aromatic N) is 3. The quantitative estimate of drug-likeness (QED) is 0.879. The molecular weight excluding hydrogens is 304 g/mol. The Balaban J connectivity index is 2.08. The first-order valence-corrected chi connectivity index (χ1v) is 7.92. The Morgan fingerprint density at radius 1 is 1.50 bits per heavy atom. The minimum absolute atomic E-state index is 0.295. The van der Waals surface area contributed by atoms with Crippen LogP contribution in [0.1, 0.15) is 41.9 Å². The Bertz CT molecular complexity index is 707. The van der Waals surface area contributed by atoms with E-state index < -0.39 is 5.97 Å². The number of fused-ring (bicyclic) bond motifs is 1. The van der Waals surface area contributed by atoms with E-state index in [0.29, 0.717) is 23.2 Å². The van der Waals surface area contributed by atoms with Crippen molar-refractivity contribution < 1.29 is 9.53 Å². The van der Waals surface area contributed by atoms with Crippen LogP contribution in [0, 0.1) is 6.92 Å². The molecule has 1 fully saturated rings. The smallest absolute Gasteiger partial charge is 0.341 e. The normalized spacial score (nSPS) is 16.1. The van der Waals surface area contributed by atoms with Gasteiger partial charge in [0.25, 0.3) is 0 Å². The lowest BCUT2D eigenvalue weighted by Gasteiger charge is -2.23. The summed E-state index contributed by atoms with van der Waals surface area (Å²) in [6, 6.07) is 0.314. The van der Waals surface area contributed by atoms with E-state index in [-0.39, 0.29) is 0 Å². The first kappa shape index (κ1) is 15.2. The molecule has 1 saturated heterocycles. The van der Waals surface area contributed by atoms with Crippen molar-refractivity contribution in [2.45, 2.75) is 32.7 Å². The second kappa shape index (κ2) is 6.22. The zero-order valence-corrected chi connectivity index (χ0v) is 13.5. The molecule has 3 rings (SSSR count). The number of hydrogen-bond acceptors (Lipinski definition) is 5. The van der Waals surface area contributed by atoms with Crippen LogP contribution in [0.5, 0.6) is 0 Å². The predicted molar refractivity (Wildman–Crippen MR) is 84.4 cm³/mol. The van der Waals surface area contributed by atoms with Crippen molar-refractivity contribution >= 4 is 28.6 Å². The molecule has 22 heavy (non-hydrogen) atoms. The summed E-state index contributed by atoms with van der Waals surface area (Å²) in [6.45, 7) is 5.90. The standard InChI is InChI=1S/C15H19ClN4O2/c1-3-22-15(21)11-8-18-14-12(13(11)16)9(2)19-20(14)10-4-6-17-7-5-10/h8,10,17H,3-7H2,1-2H3. The molecule has 0 bridgehead atoms. The van der Waals surface area contributed by atoms with Gasteiger partial charge in [0, 0.05) is 6.20 Å². The van der Waals surface area contributed by atoms with Crippen LogP contribution in [-0.4, -0.2) is 40.4 Å². The van der Waals surface area contributed by atoms with Crippen LogP contribution in [0.2, 0.25) is 5.02 Å². The molecule has 0 amide bonds. The lowest BCUT2D eigenvalue weighted by atomic mass is 10.1. The van der Waals surface area contributed by atoms with Gasteiger partial charge in [-0.1, -0.05) is 11.6 Å². The van der Waals surface area contributed by atoms with Crippen molar-refractivity contribution in [1.29, 1.82) is 0 Å². The molecule has 118 valence electrons. The highest BCUT2D eigenvalue weighted by molar-refractivity contribution is 6.38. The Kier molecular flexibility index (Phi) is 4.31. The van der Waals surface area contributed by atoms with E-state index in [4.69, 9.17) is 16.3 Å². The third-order valence-electron chi connectivity index (χ3n) is 3.98. The SMILES string of the molecule is CCOC(=O)c1cnc2c(c(C)nn2C2CCNCC2)c1Cl. The maximum absolute atomic E-state index is 11.9. The van der Waals surface area contributed by atoms with Crippen LogP contribution in [0.4, 0.5) is 0 Å². The Labute approximate surface area is 133 Å². The first-order chi connectivity index (χ1) is 10.6. The molecule has 1 aliphatic heterocycles. The van der Waals surface area contributed by atoms with Crippen molar-refractivity contribution in [1.82, 2.24) is 20.1 Å². The number of nitrogens with one attached hydrogen (secondary N) is 1. The fourth-order valence-electron chi connectivity index (χ4n) is 2.89. The number of aryl methyl sites for hydroxylation is 1. The number of carbonyl (C=O) groups is 1. The molecule has 2 aromatic heterocycles. The van der Waals surface area contributed by atoms with Gasteiger partial charge < -0.3 is 10.1 Å². The average molecular weight is 323 g/mol. The second-order valence-electron chi connectivity index (χ2n) is 5.42. The number of halogens is 1. The molecule has 0 spiro atoms. The third-order valence-corrected chi connectivity index (χ3v) is 4.37. The number of pyridine rings is 1. The molecule has 0 unspecified atom stereocenters. The molecule has 2 aromatic rings. The summed E-state index contributed by atoms with van der Waals surface area (Å²) in [6.07, 6.45) is 3.51. The van der Waals surface area contributed by atoms with Gasteiger partial charge in [-0.2, -0.15) is 5.10 Å². The number of esters is 1. The van der Waals surface area contributed by atoms with Gasteiger partial charge >= 0.3 is 5.97 Å². The average Bonchev–Trinajstić information content (AvgIpc) is 2.86. The van der Waals surface area contributed by atoms with Crippen LogP contribution >= 0.6 is 11.6 Å². The monoisotopic (exact) mass is 322 g/mol. The molecule has 1 N–H and O–H groups in total. The van der Waals surface area contributed by atoms with Crippen LogP contribution in [0.15, 0.2) is 6.20 Å². The van der Waals surface area contributed by atoms with E-state index >= 15 is 0 Å². The Morgan fingerprint density at radius 2 is 2.23 bits per heavy atom. The number of hydrogen-bond donors (Lipinski definition) is 1. The van der Waals surface area contributed by atoms with E-state index in [2.05, 4.69) is 15.4 Å². The van der Waals surface area contributed by atoms with Gasteiger partial charge in [-0.3, -0.25) is 0 Å². The zero-order valence-electron chi connectivity index (χ0n) is 12.7. The Hall–Kier alpha value is -1.66. The summed E-state index contributed by atoms with van der Waals surface area (Å²) in [5.41, 5.74) is 1.82. The highest BCUT2D eigenvalue weighted by atomic mass is 35.5. The van der Waals surface area contributed by atoms with Gasteiger partial charge in [-0.15, -0.1) is 0 Å². The van der Waals surface area contributed by atoms with Crippen molar-refractivity contribution in [2.24, 2.45) is 0 Å². The van der Waals surface area contributed by atoms with Gasteiger partial charge in [0.05, 0.1) is 34.3 Å². The molecule has 0 radical (unpaired) electrons. The minimum atomic E-state index is -0.448. The van der Waals surface area contributed by atoms with Gasteiger partial charge in [0.2, 0.25) is 0 Å². The number of carbonyl (C=O) groups excluding carboxylic acids is 1. The number of ether oxygens (including phenoxy) is 1. The molecule has 0 saturated carbocycles. The van der Waals surface area contributed by atoms with Crippen LogP contribution in [0.25, 0.3) is 11.0 Å². The van der Waals surface area contributed by atoms with Crippen LogP contribution in [0.3, 0.4) is 0 Å². The van der Waals surface area contributed by atoms with Crippen molar-refractivity contribution in [3.05, 3.63) is 22.5 Å². The largest absolute Gasteiger partial charge is 0.462 e. The molecule has 1 aliphatic rings. The van der Waals surface area contributed by atoms with Gasteiger partial charge in [0.15, 0.2) is 5.65 Å². The maximum atomic E-state index is 11.9. The lowest BCUT2D eigenvalue weighted by Crippen LogP contribution is -2.30. The van der Waals surface area contributed by atoms with Crippen molar-refractivity contribution in [3.63, 3.8) is 0 Å². The summed E-state index contributed by atoms with van der Waals surface area (Å²) in [7, 11) is 0. The summed E-state index contributed by atoms with van der Waals surface area (Å²) >= 11 is 6.42. The van der Waals surface area contributed by atoms with Gasteiger partial charge in [-0.25, -0.2) is 14.5 Å². The Morgan fingerprint density at radius 3 is 2.91 bits per heavy atom. The van der Waals surface area contributed by atoms with Crippen molar-refractivity contribution in [2.75, 3.05) is 19.7 Å². The van der Waals surface area contributed by atoms with Gasteiger partial charge in [-0.05, 0) is 39.8 Å². The van der Waals surface area contributed by atoms with Crippen molar-refractivity contribution in [3.8, 4) is 0 Å². The predicted octanol–water partition coefficient (Wildman–Crippen LogP) is 2.49. The highest BCUT2D eigenvalue weighted by Crippen LogP contribution is 2.31. The molecule has 0 aliphatic carbocycles. The van der Waals surface area contributed by atoms with E-state index in [9.17, 15) is 4.79 Å². The molecule has 7 heteroatoms. The maximum Gasteiger partial charge on any atom is 0.341 e. The summed E-state index contributed by atoms with van der Waals surface area (Å²) in [4.78, 5) is 16.4. The topological polar surface area (TPSA) is 69.0 Å². The summed E-state index contributed by atoms with van der Waals surface area (Å²) in [5.74, 6) is -0.448. The third kappa shape index (κ3) is 2.57. The van der Waals surface area contributed by atoms with E-state index in [1.165, 1.54) is 6.20 Å². The number of aromatic nitrogens is 3. The number of piperidine rings is 1. The fourth-order valence-corrected chi connectivity index (χ4v) is 3.24. The molecular formula is C15H19ClN4O2. The second-order valence-corrected chi connectivity index (χ2v) is 5.79. The van der Waals surface area contributed by atoms with E-state index in [1.807, 2.05) is 11.6 Å². The first-order valence-electron chi connectivity index (χ1n) is 7.54. The van der Waals surface area contributed by atoms with E-state index in [1.54, 1.807) is 6.92 Å². The number of rotatable bonds is 3. The molecule has 3 heterocycles. The molecule has 0 atom stereocenters. The molecule has 6 nitrogen and oxygen atoms in total. The van der Waals surface area contributed by atoms with E-state index in [0.717, 1.165) is 42.7 Å². The van der Waals surface area contributed by atoms with Gasteiger partial charge in [0.1, 0.15) is 0 Å².